The van der Waals surface area contributed by atoms with Gasteiger partial charge in [0, 0.05) is 24.7 Å². The van der Waals surface area contributed by atoms with Gasteiger partial charge in [0.2, 0.25) is 6.29 Å². The minimum Gasteiger partial charge on any atom is -0.494 e. The van der Waals surface area contributed by atoms with Gasteiger partial charge >= 0.3 is 0 Å². The zero-order valence-corrected chi connectivity index (χ0v) is 15.1. The molecule has 2 N–H and O–H groups in total. The van der Waals surface area contributed by atoms with Crippen LogP contribution in [0.25, 0.3) is 0 Å². The predicted molar refractivity (Wildman–Crippen MR) is 96.5 cm³/mol. The van der Waals surface area contributed by atoms with Crippen molar-refractivity contribution in [3.63, 3.8) is 0 Å². The van der Waals surface area contributed by atoms with Gasteiger partial charge in [-0.1, -0.05) is 13.8 Å². The molecule has 1 aromatic rings. The summed E-state index contributed by atoms with van der Waals surface area (Å²) in [5, 5.41) is 13.5. The molecule has 1 aromatic carbocycles. The highest BCUT2D eigenvalue weighted by Gasteiger charge is 2.15. The molecule has 1 aliphatic carbocycles. The van der Waals surface area contributed by atoms with Crippen molar-refractivity contribution in [2.45, 2.75) is 46.3 Å². The van der Waals surface area contributed by atoms with Crippen LogP contribution in [0.4, 0.5) is 0 Å². The summed E-state index contributed by atoms with van der Waals surface area (Å²) in [5.74, 6) is 2.27. The van der Waals surface area contributed by atoms with Crippen molar-refractivity contribution in [3.05, 3.63) is 52.9 Å². The minimum absolute atomic E-state index is 0.629. The van der Waals surface area contributed by atoms with E-state index in [0.717, 1.165) is 41.9 Å². The Bertz CT molecular complexity index is 587. The first-order valence-corrected chi connectivity index (χ1v) is 8.65. The number of allylic oxidation sites excluding steroid dienone is 4. The van der Waals surface area contributed by atoms with Crippen LogP contribution in [0.15, 0.2) is 47.4 Å². The van der Waals surface area contributed by atoms with Gasteiger partial charge in [0.25, 0.3) is 0 Å². The molecule has 0 fully saturated rings. The smallest absolute Gasteiger partial charge is 0.223 e. The zero-order chi connectivity index (χ0) is 17.5. The van der Waals surface area contributed by atoms with E-state index in [1.165, 1.54) is 5.70 Å². The van der Waals surface area contributed by atoms with Gasteiger partial charge < -0.3 is 19.9 Å². The molecule has 0 saturated heterocycles. The van der Waals surface area contributed by atoms with E-state index in [0.29, 0.717) is 12.5 Å². The number of ether oxygens (including phenoxy) is 2. The summed E-state index contributed by atoms with van der Waals surface area (Å²) in [6, 6.07) is 7.45. The van der Waals surface area contributed by atoms with E-state index in [9.17, 15) is 5.11 Å². The van der Waals surface area contributed by atoms with Crippen molar-refractivity contribution >= 4 is 0 Å². The van der Waals surface area contributed by atoms with E-state index in [4.69, 9.17) is 9.47 Å². The van der Waals surface area contributed by atoms with Gasteiger partial charge in [0.15, 0.2) is 0 Å². The van der Waals surface area contributed by atoms with Crippen LogP contribution in [0.3, 0.4) is 0 Å². The predicted octanol–water partition coefficient (Wildman–Crippen LogP) is 4.29. The first-order chi connectivity index (χ1) is 11.5. The van der Waals surface area contributed by atoms with Gasteiger partial charge in [0.1, 0.15) is 11.5 Å². The van der Waals surface area contributed by atoms with E-state index >= 15 is 0 Å². The molecule has 4 heteroatoms. The summed E-state index contributed by atoms with van der Waals surface area (Å²) in [4.78, 5) is 0. The lowest BCUT2D eigenvalue weighted by Crippen LogP contribution is -2.13. The third kappa shape index (κ3) is 5.31. The number of nitrogens with one attached hydrogen (secondary N) is 1. The van der Waals surface area contributed by atoms with Crippen molar-refractivity contribution < 1.29 is 14.6 Å². The molecule has 0 aliphatic heterocycles. The van der Waals surface area contributed by atoms with Crippen LogP contribution in [0.5, 0.6) is 5.75 Å². The molecule has 1 aliphatic rings. The maximum absolute atomic E-state index is 10.3. The van der Waals surface area contributed by atoms with Crippen LogP contribution in [0, 0.1) is 5.92 Å². The van der Waals surface area contributed by atoms with Gasteiger partial charge in [-0.05, 0) is 61.6 Å². The molecule has 132 valence electrons. The van der Waals surface area contributed by atoms with Crippen LogP contribution in [0.1, 0.15) is 51.9 Å². The lowest BCUT2D eigenvalue weighted by molar-refractivity contribution is -0.0710. The van der Waals surface area contributed by atoms with E-state index < -0.39 is 6.29 Å². The molecular weight excluding hydrogens is 302 g/mol. The Hall–Kier alpha value is -1.94. The van der Waals surface area contributed by atoms with Gasteiger partial charge in [-0.15, -0.1) is 0 Å². The topological polar surface area (TPSA) is 50.7 Å². The summed E-state index contributed by atoms with van der Waals surface area (Å²) in [6.45, 7) is 7.11. The average molecular weight is 331 g/mol. The van der Waals surface area contributed by atoms with Gasteiger partial charge in [-0.2, -0.15) is 0 Å². The second kappa shape index (κ2) is 8.78. The fourth-order valence-corrected chi connectivity index (χ4v) is 2.61. The minimum atomic E-state index is -0.954. The second-order valence-electron chi connectivity index (χ2n) is 6.59. The van der Waals surface area contributed by atoms with Crippen molar-refractivity contribution in [2.75, 3.05) is 13.7 Å². The summed E-state index contributed by atoms with van der Waals surface area (Å²) in [6.07, 6.45) is 3.76. The number of hydrogen-bond donors (Lipinski definition) is 2. The molecule has 0 heterocycles. The molecule has 0 amide bonds. The third-order valence-corrected chi connectivity index (χ3v) is 4.17. The largest absolute Gasteiger partial charge is 0.494 e. The van der Waals surface area contributed by atoms with Crippen LogP contribution in [0.2, 0.25) is 0 Å². The summed E-state index contributed by atoms with van der Waals surface area (Å²) in [5.41, 5.74) is 3.10. The lowest BCUT2D eigenvalue weighted by Gasteiger charge is -2.21. The molecule has 0 spiro atoms. The van der Waals surface area contributed by atoms with Crippen molar-refractivity contribution in [1.29, 1.82) is 0 Å². The average Bonchev–Trinajstić information content (AvgIpc) is 2.55. The Morgan fingerprint density at radius 2 is 1.88 bits per heavy atom. The summed E-state index contributed by atoms with van der Waals surface area (Å²) < 4.78 is 11.4. The molecule has 4 nitrogen and oxygen atoms in total. The molecule has 2 rings (SSSR count). The van der Waals surface area contributed by atoms with E-state index in [-0.39, 0.29) is 0 Å². The molecule has 0 aromatic heterocycles. The van der Waals surface area contributed by atoms with Crippen LogP contribution in [-0.2, 0) is 4.74 Å². The van der Waals surface area contributed by atoms with Crippen LogP contribution in [-0.4, -0.2) is 18.8 Å². The van der Waals surface area contributed by atoms with Crippen LogP contribution < -0.4 is 10.1 Å². The molecule has 0 radical (unpaired) electrons. The van der Waals surface area contributed by atoms with Gasteiger partial charge in [-0.25, -0.2) is 0 Å². The Kier molecular flexibility index (Phi) is 6.73. The zero-order valence-electron chi connectivity index (χ0n) is 15.1. The Morgan fingerprint density at radius 1 is 1.17 bits per heavy atom. The number of rotatable bonds is 8. The molecular formula is C20H29NO3. The SMILES string of the molecule is CNC1=C(C)C=C(OC(O)c2ccc(OCCC(C)C)cc2)CC1. The van der Waals surface area contributed by atoms with Gasteiger partial charge in [-0.3, -0.25) is 0 Å². The fourth-order valence-electron chi connectivity index (χ4n) is 2.61. The molecule has 1 unspecified atom stereocenters. The summed E-state index contributed by atoms with van der Waals surface area (Å²) in [7, 11) is 1.93. The Balaban J connectivity index is 1.91. The first-order valence-electron chi connectivity index (χ1n) is 8.65. The Morgan fingerprint density at radius 3 is 2.46 bits per heavy atom. The molecule has 0 bridgehead atoms. The van der Waals surface area contributed by atoms with Gasteiger partial charge in [0.05, 0.1) is 6.61 Å². The van der Waals surface area contributed by atoms with E-state index in [1.807, 2.05) is 44.3 Å². The molecule has 0 saturated carbocycles. The number of aliphatic hydroxyl groups excluding tert-OH is 1. The van der Waals surface area contributed by atoms with Crippen molar-refractivity contribution in [3.8, 4) is 5.75 Å². The quantitative estimate of drug-likeness (QED) is 0.698. The highest BCUT2D eigenvalue weighted by Crippen LogP contribution is 2.27. The molecule has 24 heavy (non-hydrogen) atoms. The first kappa shape index (κ1) is 18.4. The van der Waals surface area contributed by atoms with Crippen molar-refractivity contribution in [2.24, 2.45) is 5.92 Å². The lowest BCUT2D eigenvalue weighted by atomic mass is 10.0. The number of aliphatic hydroxyl groups is 1. The number of benzene rings is 1. The Labute approximate surface area is 145 Å². The highest BCUT2D eigenvalue weighted by atomic mass is 16.6. The van der Waals surface area contributed by atoms with Crippen LogP contribution >= 0.6 is 0 Å². The van der Waals surface area contributed by atoms with Crippen molar-refractivity contribution in [1.82, 2.24) is 5.32 Å². The van der Waals surface area contributed by atoms with E-state index in [2.05, 4.69) is 19.2 Å². The second-order valence-corrected chi connectivity index (χ2v) is 6.59. The normalized spacial score (nSPS) is 16.0. The fraction of sp³-hybridized carbons (Fsp3) is 0.500. The molecule has 1 atom stereocenters. The standard InChI is InChI=1S/C20H29NO3/c1-14(2)11-12-23-17-7-5-16(6-8-17)20(22)24-18-9-10-19(21-4)15(3)13-18/h5-8,13-14,20-22H,9-12H2,1-4H3. The third-order valence-electron chi connectivity index (χ3n) is 4.17. The number of hydrogen-bond acceptors (Lipinski definition) is 4. The summed E-state index contributed by atoms with van der Waals surface area (Å²) >= 11 is 0. The van der Waals surface area contributed by atoms with E-state index in [1.54, 1.807) is 0 Å². The highest BCUT2D eigenvalue weighted by molar-refractivity contribution is 5.30. The maximum atomic E-state index is 10.3. The monoisotopic (exact) mass is 331 g/mol. The maximum Gasteiger partial charge on any atom is 0.223 e.